The van der Waals surface area contributed by atoms with Crippen molar-refractivity contribution in [2.75, 3.05) is 0 Å². The van der Waals surface area contributed by atoms with Gasteiger partial charge in [-0.25, -0.2) is 0 Å². The van der Waals surface area contributed by atoms with Crippen molar-refractivity contribution in [3.63, 3.8) is 0 Å². The predicted molar refractivity (Wildman–Crippen MR) is 73.1 cm³/mol. The molecule has 1 atom stereocenters. The molecule has 0 fully saturated rings. The second kappa shape index (κ2) is 5.55. The Morgan fingerprint density at radius 1 is 1.44 bits per heavy atom. The van der Waals surface area contributed by atoms with Crippen molar-refractivity contribution < 1.29 is 9.21 Å². The number of hydrogen-bond donors (Lipinski definition) is 1. The minimum Gasteiger partial charge on any atom is -0.453 e. The summed E-state index contributed by atoms with van der Waals surface area (Å²) < 4.78 is 5.50. The molecule has 1 aromatic carbocycles. The van der Waals surface area contributed by atoms with Gasteiger partial charge in [0.1, 0.15) is 5.58 Å². The number of carbonyl (C=O) groups excluding carboxylic acids is 1. The molecule has 1 heterocycles. The molecule has 4 heteroatoms. The molecule has 3 nitrogen and oxygen atoms in total. The van der Waals surface area contributed by atoms with Crippen molar-refractivity contribution in [2.45, 2.75) is 32.2 Å². The molecule has 1 aromatic heterocycles. The minimum absolute atomic E-state index is 0.0525. The highest BCUT2D eigenvalue weighted by Crippen LogP contribution is 2.24. The monoisotopic (exact) mass is 265 g/mol. The molecule has 2 N–H and O–H groups in total. The van der Waals surface area contributed by atoms with Crippen LogP contribution in [0.1, 0.15) is 36.7 Å². The zero-order chi connectivity index (χ0) is 13.1. The molecule has 0 aliphatic heterocycles. The Labute approximate surface area is 111 Å². The first-order valence-corrected chi connectivity index (χ1v) is 6.46. The molecule has 0 radical (unpaired) electrons. The lowest BCUT2D eigenvalue weighted by Crippen LogP contribution is -2.23. The third kappa shape index (κ3) is 2.92. The molecule has 0 amide bonds. The quantitative estimate of drug-likeness (QED) is 0.837. The number of halogens is 1. The van der Waals surface area contributed by atoms with Gasteiger partial charge in [0.15, 0.2) is 11.5 Å². The number of rotatable bonds is 5. The zero-order valence-electron chi connectivity index (χ0n) is 10.3. The Balaban J connectivity index is 2.18. The van der Waals surface area contributed by atoms with Gasteiger partial charge in [-0.2, -0.15) is 0 Å². The summed E-state index contributed by atoms with van der Waals surface area (Å²) >= 11 is 5.89. The fourth-order valence-electron chi connectivity index (χ4n) is 1.96. The average Bonchev–Trinajstić information content (AvgIpc) is 2.72. The van der Waals surface area contributed by atoms with E-state index in [-0.39, 0.29) is 11.8 Å². The fraction of sp³-hybridized carbons (Fsp3) is 0.357. The number of ketones is 1. The van der Waals surface area contributed by atoms with Gasteiger partial charge in [0, 0.05) is 22.9 Å². The van der Waals surface area contributed by atoms with Crippen molar-refractivity contribution in [2.24, 2.45) is 5.73 Å². The predicted octanol–water partition coefficient (Wildman–Crippen LogP) is 3.79. The van der Waals surface area contributed by atoms with Crippen LogP contribution in [0.25, 0.3) is 11.0 Å². The van der Waals surface area contributed by atoms with Crippen LogP contribution in [0, 0.1) is 0 Å². The van der Waals surface area contributed by atoms with Gasteiger partial charge in [-0.3, -0.25) is 4.79 Å². The topological polar surface area (TPSA) is 56.2 Å². The van der Waals surface area contributed by atoms with E-state index in [0.717, 1.165) is 18.2 Å². The normalized spacial score (nSPS) is 12.8. The summed E-state index contributed by atoms with van der Waals surface area (Å²) in [7, 11) is 0. The third-order valence-corrected chi connectivity index (χ3v) is 3.10. The first kappa shape index (κ1) is 13.1. The molecule has 1 unspecified atom stereocenters. The summed E-state index contributed by atoms with van der Waals surface area (Å²) in [6, 6.07) is 6.91. The number of nitrogens with two attached hydrogens (primary N) is 1. The first-order chi connectivity index (χ1) is 8.60. The molecule has 2 aromatic rings. The number of furan rings is 1. The van der Waals surface area contributed by atoms with Crippen LogP contribution in [0.2, 0.25) is 5.02 Å². The zero-order valence-corrected chi connectivity index (χ0v) is 11.0. The lowest BCUT2D eigenvalue weighted by atomic mass is 10.1. The summed E-state index contributed by atoms with van der Waals surface area (Å²) in [6.07, 6.45) is 2.14. The van der Waals surface area contributed by atoms with Gasteiger partial charge in [0.05, 0.1) is 0 Å². The lowest BCUT2D eigenvalue weighted by Gasteiger charge is -2.06. The minimum atomic E-state index is -0.0979. The Morgan fingerprint density at radius 3 is 2.94 bits per heavy atom. The molecule has 0 aliphatic carbocycles. The number of Topliss-reactive ketones (excluding diaryl/α,β-unsaturated/α-hetero) is 1. The van der Waals surface area contributed by atoms with Crippen LogP contribution in [0.5, 0.6) is 0 Å². The second-order valence-electron chi connectivity index (χ2n) is 4.47. The Kier molecular flexibility index (Phi) is 4.04. The van der Waals surface area contributed by atoms with E-state index in [2.05, 4.69) is 0 Å². The van der Waals surface area contributed by atoms with Gasteiger partial charge in [0.25, 0.3) is 0 Å². The summed E-state index contributed by atoms with van der Waals surface area (Å²) in [6.45, 7) is 2.05. The lowest BCUT2D eigenvalue weighted by molar-refractivity contribution is 0.0948. The van der Waals surface area contributed by atoms with E-state index >= 15 is 0 Å². The van der Waals surface area contributed by atoms with E-state index in [1.54, 1.807) is 24.3 Å². The van der Waals surface area contributed by atoms with Crippen molar-refractivity contribution >= 4 is 28.4 Å². The first-order valence-electron chi connectivity index (χ1n) is 6.08. The highest BCUT2D eigenvalue weighted by molar-refractivity contribution is 6.31. The van der Waals surface area contributed by atoms with Crippen LogP contribution in [0.3, 0.4) is 0 Å². The van der Waals surface area contributed by atoms with Crippen molar-refractivity contribution in [3.8, 4) is 0 Å². The highest BCUT2D eigenvalue weighted by atomic mass is 35.5. The highest BCUT2D eigenvalue weighted by Gasteiger charge is 2.15. The fourth-order valence-corrected chi connectivity index (χ4v) is 2.14. The molecule has 0 bridgehead atoms. The Hall–Kier alpha value is -1.32. The maximum atomic E-state index is 12.0. The molecule has 0 saturated carbocycles. The van der Waals surface area contributed by atoms with Gasteiger partial charge in [-0.1, -0.05) is 24.9 Å². The molecule has 0 aliphatic rings. The van der Waals surface area contributed by atoms with E-state index in [4.69, 9.17) is 21.8 Å². The Morgan fingerprint density at radius 2 is 2.22 bits per heavy atom. The number of benzene rings is 1. The maximum absolute atomic E-state index is 12.0. The number of carbonyl (C=O) groups is 1. The maximum Gasteiger partial charge on any atom is 0.199 e. The SMILES string of the molecule is CCCC(N)CC(=O)c1cc2cc(Cl)ccc2o1. The molecular weight excluding hydrogens is 250 g/mol. The standard InChI is InChI=1S/C14H16ClNO2/c1-2-3-11(16)8-12(17)14-7-9-6-10(15)4-5-13(9)18-14/h4-7,11H,2-3,8,16H2,1H3. The average molecular weight is 266 g/mol. The van der Waals surface area contributed by atoms with Gasteiger partial charge < -0.3 is 10.2 Å². The number of fused-ring (bicyclic) bond motifs is 1. The van der Waals surface area contributed by atoms with Crippen molar-refractivity contribution in [3.05, 3.63) is 35.0 Å². The van der Waals surface area contributed by atoms with Crippen LogP contribution in [-0.2, 0) is 0 Å². The van der Waals surface area contributed by atoms with E-state index in [1.807, 2.05) is 6.92 Å². The second-order valence-corrected chi connectivity index (χ2v) is 4.91. The van der Waals surface area contributed by atoms with Gasteiger partial charge in [-0.05, 0) is 30.7 Å². The molecule has 96 valence electrons. The molecule has 0 spiro atoms. The summed E-state index contributed by atoms with van der Waals surface area (Å²) in [5, 5.41) is 1.47. The van der Waals surface area contributed by atoms with Crippen LogP contribution in [0.4, 0.5) is 0 Å². The van der Waals surface area contributed by atoms with E-state index in [9.17, 15) is 4.79 Å². The van der Waals surface area contributed by atoms with E-state index in [0.29, 0.717) is 22.8 Å². The third-order valence-electron chi connectivity index (χ3n) is 2.86. The molecule has 0 saturated heterocycles. The van der Waals surface area contributed by atoms with E-state index in [1.165, 1.54) is 0 Å². The van der Waals surface area contributed by atoms with Crippen LogP contribution < -0.4 is 5.73 Å². The summed E-state index contributed by atoms with van der Waals surface area (Å²) in [5.41, 5.74) is 6.53. The summed E-state index contributed by atoms with van der Waals surface area (Å²) in [4.78, 5) is 12.0. The molecule has 2 rings (SSSR count). The van der Waals surface area contributed by atoms with E-state index < -0.39 is 0 Å². The van der Waals surface area contributed by atoms with Gasteiger partial charge >= 0.3 is 0 Å². The largest absolute Gasteiger partial charge is 0.453 e. The van der Waals surface area contributed by atoms with Crippen molar-refractivity contribution in [1.82, 2.24) is 0 Å². The van der Waals surface area contributed by atoms with Crippen LogP contribution in [-0.4, -0.2) is 11.8 Å². The van der Waals surface area contributed by atoms with Crippen LogP contribution >= 0.6 is 11.6 Å². The molecule has 18 heavy (non-hydrogen) atoms. The summed E-state index contributed by atoms with van der Waals surface area (Å²) in [5.74, 6) is 0.307. The van der Waals surface area contributed by atoms with Crippen LogP contribution in [0.15, 0.2) is 28.7 Å². The van der Waals surface area contributed by atoms with Gasteiger partial charge in [-0.15, -0.1) is 0 Å². The van der Waals surface area contributed by atoms with Gasteiger partial charge in [0.2, 0.25) is 0 Å². The van der Waals surface area contributed by atoms with Crippen molar-refractivity contribution in [1.29, 1.82) is 0 Å². The molecular formula is C14H16ClNO2. The Bertz CT molecular complexity index is 562. The number of hydrogen-bond acceptors (Lipinski definition) is 3. The smallest absolute Gasteiger partial charge is 0.199 e.